The number of nitrogens with two attached hydrogens (primary N) is 1. The fraction of sp³-hybridized carbons (Fsp3) is 0.500. The van der Waals surface area contributed by atoms with Crippen molar-refractivity contribution in [2.45, 2.75) is 39.8 Å². The van der Waals surface area contributed by atoms with Crippen molar-refractivity contribution in [3.05, 3.63) is 18.2 Å². The van der Waals surface area contributed by atoms with E-state index in [2.05, 4.69) is 32.6 Å². The second-order valence-corrected chi connectivity index (χ2v) is 4.34. The first-order valence-corrected chi connectivity index (χ1v) is 5.30. The highest BCUT2D eigenvalue weighted by atomic mass is 16.3. The smallest absolute Gasteiger partial charge is 0.140 e. The number of hydrogen-bond acceptors (Lipinski definition) is 3. The molecule has 0 heterocycles. The molecule has 0 atom stereocenters. The number of rotatable bonds is 3. The Balaban J connectivity index is 3.07. The van der Waals surface area contributed by atoms with Crippen LogP contribution >= 0.6 is 0 Å². The first-order valence-electron chi connectivity index (χ1n) is 5.30. The van der Waals surface area contributed by atoms with Gasteiger partial charge in [0.25, 0.3) is 0 Å². The number of benzene rings is 1. The van der Waals surface area contributed by atoms with Crippen LogP contribution in [0.25, 0.3) is 0 Å². The molecule has 0 bridgehead atoms. The summed E-state index contributed by atoms with van der Waals surface area (Å²) in [6.07, 6.45) is 0. The molecule has 0 aliphatic carbocycles. The third kappa shape index (κ3) is 2.55. The van der Waals surface area contributed by atoms with Crippen molar-refractivity contribution in [1.29, 1.82) is 0 Å². The fourth-order valence-electron chi connectivity index (χ4n) is 1.89. The van der Waals surface area contributed by atoms with Gasteiger partial charge >= 0.3 is 0 Å². The number of hydrogen-bond donors (Lipinski definition) is 2. The Morgan fingerprint density at radius 2 is 1.67 bits per heavy atom. The highest BCUT2D eigenvalue weighted by Gasteiger charge is 2.14. The van der Waals surface area contributed by atoms with Crippen LogP contribution in [0.2, 0.25) is 0 Å². The van der Waals surface area contributed by atoms with E-state index >= 15 is 0 Å². The molecule has 15 heavy (non-hydrogen) atoms. The van der Waals surface area contributed by atoms with Crippen LogP contribution in [0.1, 0.15) is 27.7 Å². The Morgan fingerprint density at radius 3 is 2.07 bits per heavy atom. The molecule has 0 aromatic heterocycles. The lowest BCUT2D eigenvalue weighted by Gasteiger charge is -2.33. The molecule has 84 valence electrons. The monoisotopic (exact) mass is 208 g/mol. The topological polar surface area (TPSA) is 49.5 Å². The maximum Gasteiger partial charge on any atom is 0.140 e. The number of nitrogen functional groups attached to an aromatic ring is 1. The molecular formula is C12H20N2O. The van der Waals surface area contributed by atoms with Crippen LogP contribution in [-0.4, -0.2) is 17.2 Å². The molecule has 0 saturated carbocycles. The zero-order valence-corrected chi connectivity index (χ0v) is 9.86. The van der Waals surface area contributed by atoms with Gasteiger partial charge in [-0.05, 0) is 39.8 Å². The number of phenols is 1. The predicted molar refractivity (Wildman–Crippen MR) is 65.3 cm³/mol. The fourth-order valence-corrected chi connectivity index (χ4v) is 1.89. The normalized spacial score (nSPS) is 11.1. The second-order valence-electron chi connectivity index (χ2n) is 4.34. The van der Waals surface area contributed by atoms with Gasteiger partial charge in [-0.15, -0.1) is 0 Å². The van der Waals surface area contributed by atoms with E-state index in [0.717, 1.165) is 5.69 Å². The average Bonchev–Trinajstić information content (AvgIpc) is 2.10. The van der Waals surface area contributed by atoms with Crippen molar-refractivity contribution in [3.8, 4) is 5.75 Å². The molecule has 0 aliphatic rings. The molecule has 0 saturated heterocycles. The van der Waals surface area contributed by atoms with Crippen molar-refractivity contribution < 1.29 is 5.11 Å². The van der Waals surface area contributed by atoms with E-state index in [4.69, 9.17) is 5.73 Å². The van der Waals surface area contributed by atoms with E-state index in [1.165, 1.54) is 0 Å². The summed E-state index contributed by atoms with van der Waals surface area (Å²) in [5.41, 5.74) is 7.00. The first kappa shape index (κ1) is 11.7. The summed E-state index contributed by atoms with van der Waals surface area (Å²) < 4.78 is 0. The number of aromatic hydroxyl groups is 1. The van der Waals surface area contributed by atoms with Crippen LogP contribution < -0.4 is 10.6 Å². The summed E-state index contributed by atoms with van der Waals surface area (Å²) in [4.78, 5) is 2.24. The minimum atomic E-state index is 0.152. The van der Waals surface area contributed by atoms with Gasteiger partial charge in [-0.1, -0.05) is 0 Å². The summed E-state index contributed by atoms with van der Waals surface area (Å²) >= 11 is 0. The van der Waals surface area contributed by atoms with Crippen LogP contribution in [0, 0.1) is 0 Å². The molecule has 0 aliphatic heterocycles. The summed E-state index contributed by atoms with van der Waals surface area (Å²) in [7, 11) is 0. The van der Waals surface area contributed by atoms with Crippen LogP contribution in [0.3, 0.4) is 0 Å². The lowest BCUT2D eigenvalue weighted by atomic mass is 10.1. The van der Waals surface area contributed by atoms with Crippen molar-refractivity contribution in [3.63, 3.8) is 0 Å². The molecule has 0 amide bonds. The van der Waals surface area contributed by atoms with Crippen LogP contribution in [0.15, 0.2) is 18.2 Å². The van der Waals surface area contributed by atoms with Crippen LogP contribution in [0.5, 0.6) is 5.75 Å². The van der Waals surface area contributed by atoms with Gasteiger partial charge in [0.15, 0.2) is 0 Å². The van der Waals surface area contributed by atoms with E-state index < -0.39 is 0 Å². The standard InChI is InChI=1S/C12H20N2O/c1-8(2)14(9(3)4)10-5-6-11(13)12(15)7-10/h5-9,15H,13H2,1-4H3. The highest BCUT2D eigenvalue weighted by Crippen LogP contribution is 2.28. The Bertz CT molecular complexity index is 326. The molecule has 1 rings (SSSR count). The van der Waals surface area contributed by atoms with E-state index in [-0.39, 0.29) is 5.75 Å². The summed E-state index contributed by atoms with van der Waals surface area (Å²) in [6, 6.07) is 6.19. The Kier molecular flexibility index (Phi) is 3.45. The Morgan fingerprint density at radius 1 is 1.13 bits per heavy atom. The van der Waals surface area contributed by atoms with Gasteiger partial charge < -0.3 is 15.7 Å². The zero-order valence-electron chi connectivity index (χ0n) is 9.86. The first-order chi connectivity index (χ1) is 6.93. The third-order valence-corrected chi connectivity index (χ3v) is 2.42. The average molecular weight is 208 g/mol. The molecule has 3 heteroatoms. The largest absolute Gasteiger partial charge is 0.506 e. The van der Waals surface area contributed by atoms with Crippen molar-refractivity contribution in [1.82, 2.24) is 0 Å². The number of phenolic OH excluding ortho intramolecular Hbond substituents is 1. The summed E-state index contributed by atoms with van der Waals surface area (Å²) in [5.74, 6) is 0.152. The quantitative estimate of drug-likeness (QED) is 0.593. The Hall–Kier alpha value is -1.38. The minimum absolute atomic E-state index is 0.152. The Labute approximate surface area is 91.5 Å². The van der Waals surface area contributed by atoms with Crippen molar-refractivity contribution in [2.75, 3.05) is 10.6 Å². The van der Waals surface area contributed by atoms with Gasteiger partial charge in [0.2, 0.25) is 0 Å². The lowest BCUT2D eigenvalue weighted by Crippen LogP contribution is -2.36. The second kappa shape index (κ2) is 4.43. The van der Waals surface area contributed by atoms with Gasteiger partial charge in [0, 0.05) is 23.8 Å². The molecule has 1 aromatic carbocycles. The van der Waals surface area contributed by atoms with Gasteiger partial charge in [0.05, 0.1) is 5.69 Å². The lowest BCUT2D eigenvalue weighted by molar-refractivity contribution is 0.477. The van der Waals surface area contributed by atoms with Crippen LogP contribution in [-0.2, 0) is 0 Å². The third-order valence-electron chi connectivity index (χ3n) is 2.42. The van der Waals surface area contributed by atoms with Gasteiger partial charge in [-0.25, -0.2) is 0 Å². The SMILES string of the molecule is CC(C)N(c1ccc(N)c(O)c1)C(C)C. The van der Waals surface area contributed by atoms with E-state index in [0.29, 0.717) is 17.8 Å². The molecular weight excluding hydrogens is 188 g/mol. The molecule has 1 aromatic rings. The van der Waals surface area contributed by atoms with Gasteiger partial charge in [-0.3, -0.25) is 0 Å². The maximum absolute atomic E-state index is 9.56. The number of anilines is 2. The number of nitrogens with zero attached hydrogens (tertiary/aromatic N) is 1. The minimum Gasteiger partial charge on any atom is -0.506 e. The molecule has 0 fully saturated rings. The predicted octanol–water partition coefficient (Wildman–Crippen LogP) is 2.60. The van der Waals surface area contributed by atoms with Gasteiger partial charge in [-0.2, -0.15) is 0 Å². The molecule has 0 radical (unpaired) electrons. The zero-order chi connectivity index (χ0) is 11.6. The molecule has 3 N–H and O–H groups in total. The van der Waals surface area contributed by atoms with Crippen molar-refractivity contribution in [2.24, 2.45) is 0 Å². The van der Waals surface area contributed by atoms with E-state index in [9.17, 15) is 5.11 Å². The summed E-state index contributed by atoms with van der Waals surface area (Å²) in [6.45, 7) is 8.53. The van der Waals surface area contributed by atoms with Crippen LogP contribution in [0.4, 0.5) is 11.4 Å². The highest BCUT2D eigenvalue weighted by molar-refractivity contribution is 5.62. The van der Waals surface area contributed by atoms with E-state index in [1.54, 1.807) is 12.1 Å². The molecule has 3 nitrogen and oxygen atoms in total. The van der Waals surface area contributed by atoms with E-state index in [1.807, 2.05) is 6.07 Å². The maximum atomic E-state index is 9.56. The van der Waals surface area contributed by atoms with Gasteiger partial charge in [0.1, 0.15) is 5.75 Å². The molecule has 0 spiro atoms. The molecule has 0 unspecified atom stereocenters. The summed E-state index contributed by atoms with van der Waals surface area (Å²) in [5, 5.41) is 9.56. The van der Waals surface area contributed by atoms with Crippen molar-refractivity contribution >= 4 is 11.4 Å².